The number of ether oxygens (including phenoxy) is 1. The number of carboxylic acid groups (broad SMARTS) is 2. The lowest BCUT2D eigenvalue weighted by Gasteiger charge is -2.34. The van der Waals surface area contributed by atoms with E-state index in [2.05, 4.69) is 22.0 Å². The van der Waals surface area contributed by atoms with Gasteiger partial charge in [-0.2, -0.15) is 26.3 Å². The molecule has 3 rings (SSSR count). The molecule has 2 aliphatic rings. The van der Waals surface area contributed by atoms with Gasteiger partial charge in [-0.25, -0.2) is 9.59 Å². The number of carbonyl (C=O) groups is 3. The van der Waals surface area contributed by atoms with Crippen LogP contribution in [0.4, 0.5) is 26.3 Å². The Hall–Kier alpha value is -2.94. The molecule has 0 radical (unpaired) electrons. The molecule has 0 unspecified atom stereocenters. The Bertz CT molecular complexity index is 826. The summed E-state index contributed by atoms with van der Waals surface area (Å²) in [4.78, 5) is 37.9. The van der Waals surface area contributed by atoms with Crippen molar-refractivity contribution in [3.8, 4) is 0 Å². The first-order chi connectivity index (χ1) is 16.0. The maximum Gasteiger partial charge on any atom is 0.490 e. The molecule has 2 saturated heterocycles. The molecule has 1 amide bonds. The van der Waals surface area contributed by atoms with Crippen molar-refractivity contribution in [2.75, 3.05) is 27.2 Å². The minimum absolute atomic E-state index is 0.102. The van der Waals surface area contributed by atoms with Crippen LogP contribution in [0.25, 0.3) is 0 Å². The SMILES string of the molecule is CN(C)C(=O)[C@@H]1C[C@@H]2CCN(Cc3ccncc3)C[C@H]2O1.O=C(O)C(F)(F)F.O=C(O)C(F)(F)F. The van der Waals surface area contributed by atoms with Gasteiger partial charge in [0.1, 0.15) is 6.10 Å². The molecular formula is C20H25F6N3O6. The number of alkyl halides is 6. The monoisotopic (exact) mass is 517 g/mol. The highest BCUT2D eigenvalue weighted by Gasteiger charge is 2.42. The maximum absolute atomic E-state index is 12.0. The van der Waals surface area contributed by atoms with E-state index in [0.717, 1.165) is 32.5 Å². The Balaban J connectivity index is 0.000000362. The van der Waals surface area contributed by atoms with Crippen LogP contribution in [0.3, 0.4) is 0 Å². The minimum Gasteiger partial charge on any atom is -0.475 e. The van der Waals surface area contributed by atoms with Crippen LogP contribution in [0.5, 0.6) is 0 Å². The number of aromatic nitrogens is 1. The second kappa shape index (κ2) is 12.7. The average molecular weight is 517 g/mol. The average Bonchev–Trinajstić information content (AvgIpc) is 3.16. The molecule has 198 valence electrons. The van der Waals surface area contributed by atoms with Gasteiger partial charge in [0.25, 0.3) is 5.91 Å². The molecule has 0 spiro atoms. The number of piperidine rings is 1. The Morgan fingerprint density at radius 1 is 1.06 bits per heavy atom. The van der Waals surface area contributed by atoms with Crippen LogP contribution in [0.2, 0.25) is 0 Å². The molecule has 3 atom stereocenters. The number of amides is 1. The number of halogens is 6. The Labute approximate surface area is 196 Å². The number of nitrogens with zero attached hydrogens (tertiary/aromatic N) is 3. The number of pyridine rings is 1. The highest BCUT2D eigenvalue weighted by molar-refractivity contribution is 5.80. The fourth-order valence-corrected chi connectivity index (χ4v) is 3.33. The van der Waals surface area contributed by atoms with E-state index >= 15 is 0 Å². The quantitative estimate of drug-likeness (QED) is 0.587. The number of rotatable bonds is 3. The van der Waals surface area contributed by atoms with E-state index in [-0.39, 0.29) is 18.1 Å². The largest absolute Gasteiger partial charge is 0.490 e. The molecule has 0 saturated carbocycles. The number of hydrogen-bond acceptors (Lipinski definition) is 6. The summed E-state index contributed by atoms with van der Waals surface area (Å²) < 4.78 is 69.5. The molecule has 2 fully saturated rings. The summed E-state index contributed by atoms with van der Waals surface area (Å²) in [6, 6.07) is 4.11. The van der Waals surface area contributed by atoms with Crippen molar-refractivity contribution in [3.63, 3.8) is 0 Å². The van der Waals surface area contributed by atoms with Crippen molar-refractivity contribution in [1.29, 1.82) is 0 Å². The number of likely N-dealkylation sites (tertiary alicyclic amines) is 1. The van der Waals surface area contributed by atoms with Gasteiger partial charge in [-0.3, -0.25) is 14.7 Å². The van der Waals surface area contributed by atoms with E-state index in [1.165, 1.54) is 5.56 Å². The third kappa shape index (κ3) is 10.5. The predicted octanol–water partition coefficient (Wildman–Crippen LogP) is 2.42. The molecule has 2 aliphatic heterocycles. The molecule has 35 heavy (non-hydrogen) atoms. The topological polar surface area (TPSA) is 120 Å². The zero-order chi connectivity index (χ0) is 27.0. The Morgan fingerprint density at radius 2 is 1.54 bits per heavy atom. The van der Waals surface area contributed by atoms with Crippen molar-refractivity contribution in [2.45, 2.75) is 43.9 Å². The number of carbonyl (C=O) groups excluding carboxylic acids is 1. The van der Waals surface area contributed by atoms with Crippen LogP contribution in [0.1, 0.15) is 18.4 Å². The third-order valence-corrected chi connectivity index (χ3v) is 4.99. The van der Waals surface area contributed by atoms with Crippen LogP contribution >= 0.6 is 0 Å². The van der Waals surface area contributed by atoms with Crippen LogP contribution in [0, 0.1) is 5.92 Å². The Kier molecular flexibility index (Phi) is 10.9. The van der Waals surface area contributed by atoms with E-state index in [1.54, 1.807) is 19.0 Å². The summed E-state index contributed by atoms with van der Waals surface area (Å²) >= 11 is 0. The van der Waals surface area contributed by atoms with Gasteiger partial charge in [-0.05, 0) is 43.0 Å². The normalized spacial score (nSPS) is 22.0. The Morgan fingerprint density at radius 3 is 1.97 bits per heavy atom. The number of aliphatic carboxylic acids is 2. The number of carboxylic acids is 2. The zero-order valence-electron chi connectivity index (χ0n) is 18.7. The van der Waals surface area contributed by atoms with E-state index in [1.807, 2.05) is 12.4 Å². The summed E-state index contributed by atoms with van der Waals surface area (Å²) in [5.41, 5.74) is 1.28. The van der Waals surface area contributed by atoms with Crippen LogP contribution in [0.15, 0.2) is 24.5 Å². The molecule has 15 heteroatoms. The zero-order valence-corrected chi connectivity index (χ0v) is 18.7. The lowest BCUT2D eigenvalue weighted by Crippen LogP contribution is -2.42. The van der Waals surface area contributed by atoms with Gasteiger partial charge in [-0.15, -0.1) is 0 Å². The second-order valence-electron chi connectivity index (χ2n) is 7.88. The van der Waals surface area contributed by atoms with Gasteiger partial charge in [-0.1, -0.05) is 0 Å². The van der Waals surface area contributed by atoms with Gasteiger partial charge in [0.05, 0.1) is 6.10 Å². The first-order valence-electron chi connectivity index (χ1n) is 10.1. The van der Waals surface area contributed by atoms with E-state index in [9.17, 15) is 31.1 Å². The smallest absolute Gasteiger partial charge is 0.475 e. The number of fused-ring (bicyclic) bond motifs is 1. The predicted molar refractivity (Wildman–Crippen MR) is 107 cm³/mol. The van der Waals surface area contributed by atoms with E-state index < -0.39 is 24.3 Å². The number of likely N-dealkylation sites (N-methyl/N-ethyl adjacent to an activating group) is 1. The summed E-state index contributed by atoms with van der Waals surface area (Å²) in [7, 11) is 3.59. The van der Waals surface area contributed by atoms with Crippen LogP contribution < -0.4 is 0 Å². The fraction of sp³-hybridized carbons (Fsp3) is 0.600. The van der Waals surface area contributed by atoms with Gasteiger partial charge in [0.15, 0.2) is 0 Å². The van der Waals surface area contributed by atoms with Crippen molar-refractivity contribution < 1.29 is 55.7 Å². The number of hydrogen-bond donors (Lipinski definition) is 2. The minimum atomic E-state index is -5.08. The molecular weight excluding hydrogens is 492 g/mol. The molecule has 1 aromatic heterocycles. The lowest BCUT2D eigenvalue weighted by molar-refractivity contribution is -0.193. The van der Waals surface area contributed by atoms with Gasteiger partial charge in [0, 0.05) is 39.6 Å². The lowest BCUT2D eigenvalue weighted by atomic mass is 9.91. The second-order valence-corrected chi connectivity index (χ2v) is 7.88. The molecule has 2 N–H and O–H groups in total. The molecule has 3 heterocycles. The van der Waals surface area contributed by atoms with Gasteiger partial charge in [0.2, 0.25) is 0 Å². The van der Waals surface area contributed by atoms with Crippen LogP contribution in [-0.2, 0) is 25.7 Å². The van der Waals surface area contributed by atoms with Gasteiger partial charge >= 0.3 is 24.3 Å². The van der Waals surface area contributed by atoms with E-state index in [4.69, 9.17) is 24.5 Å². The van der Waals surface area contributed by atoms with Gasteiger partial charge < -0.3 is 19.8 Å². The summed E-state index contributed by atoms with van der Waals surface area (Å²) in [5.74, 6) is -4.88. The maximum atomic E-state index is 12.0. The third-order valence-electron chi connectivity index (χ3n) is 4.99. The summed E-state index contributed by atoms with van der Waals surface area (Å²) in [6.45, 7) is 2.93. The highest BCUT2D eigenvalue weighted by Crippen LogP contribution is 2.34. The van der Waals surface area contributed by atoms with Crippen molar-refractivity contribution >= 4 is 17.8 Å². The van der Waals surface area contributed by atoms with E-state index in [0.29, 0.717) is 5.92 Å². The molecule has 0 bridgehead atoms. The van der Waals surface area contributed by atoms with Crippen molar-refractivity contribution in [3.05, 3.63) is 30.1 Å². The standard InChI is InChI=1S/C16H23N3O2.2C2HF3O2/c1-18(2)16(20)14-9-13-5-8-19(11-15(13)21-14)10-12-3-6-17-7-4-12;2*3-2(4,5)1(6)7/h3-4,6-7,13-15H,5,8-11H2,1-2H3;2*(H,6,7)/t13-,14-,15+;;/m0../s1. The first kappa shape index (κ1) is 30.1. The first-order valence-corrected chi connectivity index (χ1v) is 10.1. The highest BCUT2D eigenvalue weighted by atomic mass is 19.4. The summed E-state index contributed by atoms with van der Waals surface area (Å²) in [5, 5.41) is 14.2. The summed E-state index contributed by atoms with van der Waals surface area (Å²) in [6.07, 6.45) is -4.54. The van der Waals surface area contributed by atoms with Crippen molar-refractivity contribution in [1.82, 2.24) is 14.8 Å². The van der Waals surface area contributed by atoms with Crippen molar-refractivity contribution in [2.24, 2.45) is 5.92 Å². The molecule has 1 aromatic rings. The fourth-order valence-electron chi connectivity index (χ4n) is 3.33. The van der Waals surface area contributed by atoms with Crippen LogP contribution in [-0.4, -0.2) is 94.6 Å². The molecule has 0 aromatic carbocycles. The molecule has 9 nitrogen and oxygen atoms in total. The molecule has 0 aliphatic carbocycles.